The number of aromatic nitrogens is 2. The third kappa shape index (κ3) is 2.57. The van der Waals surface area contributed by atoms with Crippen LogP contribution >= 0.6 is 15.9 Å². The highest BCUT2D eigenvalue weighted by molar-refractivity contribution is 9.10. The zero-order chi connectivity index (χ0) is 12.3. The second kappa shape index (κ2) is 5.44. The molecule has 1 atom stereocenters. The van der Waals surface area contributed by atoms with E-state index in [1.807, 2.05) is 11.8 Å². The highest BCUT2D eigenvalue weighted by Gasteiger charge is 2.33. The molecule has 2 heterocycles. The first-order chi connectivity index (χ1) is 8.24. The van der Waals surface area contributed by atoms with E-state index in [-0.39, 0.29) is 12.0 Å². The molecule has 0 amide bonds. The second-order valence-electron chi connectivity index (χ2n) is 3.80. The Kier molecular flexibility index (Phi) is 3.93. The van der Waals surface area contributed by atoms with Crippen LogP contribution in [0.25, 0.3) is 0 Å². The Hall–Kier alpha value is -1.17. The zero-order valence-corrected chi connectivity index (χ0v) is 11.2. The van der Waals surface area contributed by atoms with Gasteiger partial charge < -0.3 is 9.64 Å². The summed E-state index contributed by atoms with van der Waals surface area (Å²) in [4.78, 5) is 21.9. The summed E-state index contributed by atoms with van der Waals surface area (Å²) in [6, 6.07) is -0.221. The number of carbonyl (C=O) groups is 1. The van der Waals surface area contributed by atoms with E-state index in [0.29, 0.717) is 6.61 Å². The molecule has 17 heavy (non-hydrogen) atoms. The van der Waals surface area contributed by atoms with Crippen molar-refractivity contribution in [2.75, 3.05) is 18.1 Å². The number of nitrogens with zero attached hydrogens (tertiary/aromatic N) is 3. The molecular formula is C11H14BrN3O2. The number of rotatable bonds is 3. The summed E-state index contributed by atoms with van der Waals surface area (Å²) in [5.41, 5.74) is 0. The first-order valence-corrected chi connectivity index (χ1v) is 6.42. The highest BCUT2D eigenvalue weighted by atomic mass is 79.9. The Bertz CT molecular complexity index is 413. The molecular weight excluding hydrogens is 286 g/mol. The molecule has 2 rings (SSSR count). The SMILES string of the molecule is CCOC(=O)C1CCCN1c1ncncc1Br. The van der Waals surface area contributed by atoms with Gasteiger partial charge in [-0.25, -0.2) is 14.8 Å². The van der Waals surface area contributed by atoms with Crippen LogP contribution in [0.4, 0.5) is 5.82 Å². The van der Waals surface area contributed by atoms with Crippen LogP contribution in [-0.4, -0.2) is 35.1 Å². The van der Waals surface area contributed by atoms with E-state index in [4.69, 9.17) is 4.74 Å². The fourth-order valence-corrected chi connectivity index (χ4v) is 2.47. The van der Waals surface area contributed by atoms with E-state index in [2.05, 4.69) is 25.9 Å². The van der Waals surface area contributed by atoms with Gasteiger partial charge in [0, 0.05) is 12.7 Å². The van der Waals surface area contributed by atoms with Crippen LogP contribution in [0.3, 0.4) is 0 Å². The van der Waals surface area contributed by atoms with Crippen LogP contribution in [0, 0.1) is 0 Å². The Labute approximate surface area is 108 Å². The fraction of sp³-hybridized carbons (Fsp3) is 0.545. The molecule has 1 unspecified atom stereocenters. The molecule has 92 valence electrons. The molecule has 0 radical (unpaired) electrons. The van der Waals surface area contributed by atoms with Crippen molar-refractivity contribution in [1.29, 1.82) is 0 Å². The second-order valence-corrected chi connectivity index (χ2v) is 4.65. The fourth-order valence-electron chi connectivity index (χ4n) is 2.02. The highest BCUT2D eigenvalue weighted by Crippen LogP contribution is 2.29. The zero-order valence-electron chi connectivity index (χ0n) is 9.60. The largest absolute Gasteiger partial charge is 0.464 e. The van der Waals surface area contributed by atoms with Crippen molar-refractivity contribution >= 4 is 27.7 Å². The van der Waals surface area contributed by atoms with E-state index < -0.39 is 0 Å². The molecule has 1 aliphatic rings. The lowest BCUT2D eigenvalue weighted by Gasteiger charge is -2.24. The van der Waals surface area contributed by atoms with Crippen LogP contribution in [0.15, 0.2) is 17.0 Å². The van der Waals surface area contributed by atoms with Crippen LogP contribution in [0.2, 0.25) is 0 Å². The summed E-state index contributed by atoms with van der Waals surface area (Å²) < 4.78 is 5.88. The standard InChI is InChI=1S/C11H14BrN3O2/c1-2-17-11(16)9-4-3-5-15(9)10-8(12)6-13-7-14-10/h6-7,9H,2-5H2,1H3. The maximum Gasteiger partial charge on any atom is 0.328 e. The lowest BCUT2D eigenvalue weighted by Crippen LogP contribution is -2.38. The Morgan fingerprint density at radius 1 is 1.71 bits per heavy atom. The summed E-state index contributed by atoms with van der Waals surface area (Å²) in [6.45, 7) is 3.05. The quantitative estimate of drug-likeness (QED) is 0.796. The van der Waals surface area contributed by atoms with Gasteiger partial charge in [-0.1, -0.05) is 0 Å². The predicted molar refractivity (Wildman–Crippen MR) is 66.7 cm³/mol. The van der Waals surface area contributed by atoms with E-state index in [9.17, 15) is 4.79 Å². The number of halogens is 1. The van der Waals surface area contributed by atoms with Crippen molar-refractivity contribution < 1.29 is 9.53 Å². The lowest BCUT2D eigenvalue weighted by atomic mass is 10.2. The van der Waals surface area contributed by atoms with E-state index >= 15 is 0 Å². The third-order valence-corrected chi connectivity index (χ3v) is 3.29. The van der Waals surface area contributed by atoms with E-state index in [1.54, 1.807) is 6.20 Å². The lowest BCUT2D eigenvalue weighted by molar-refractivity contribution is -0.144. The molecule has 1 fully saturated rings. The van der Waals surface area contributed by atoms with E-state index in [1.165, 1.54) is 6.33 Å². The molecule has 0 spiro atoms. The average Bonchev–Trinajstić information content (AvgIpc) is 2.79. The summed E-state index contributed by atoms with van der Waals surface area (Å²) in [5, 5.41) is 0. The summed E-state index contributed by atoms with van der Waals surface area (Å²) in [7, 11) is 0. The Balaban J connectivity index is 2.20. The van der Waals surface area contributed by atoms with Crippen molar-refractivity contribution in [3.63, 3.8) is 0 Å². The van der Waals surface area contributed by atoms with Crippen molar-refractivity contribution in [2.24, 2.45) is 0 Å². The first-order valence-electron chi connectivity index (χ1n) is 5.62. The molecule has 1 aromatic heterocycles. The van der Waals surface area contributed by atoms with Crippen LogP contribution in [-0.2, 0) is 9.53 Å². The van der Waals surface area contributed by atoms with Gasteiger partial charge in [0.1, 0.15) is 18.2 Å². The number of hydrogen-bond donors (Lipinski definition) is 0. The predicted octanol–water partition coefficient (Wildman–Crippen LogP) is 1.77. The summed E-state index contributed by atoms with van der Waals surface area (Å²) in [6.07, 6.45) is 4.96. The van der Waals surface area contributed by atoms with Gasteiger partial charge >= 0.3 is 5.97 Å². The molecule has 0 saturated carbocycles. The van der Waals surface area contributed by atoms with Crippen LogP contribution in [0.5, 0.6) is 0 Å². The molecule has 6 heteroatoms. The normalized spacial score (nSPS) is 19.4. The molecule has 1 aromatic rings. The molecule has 0 N–H and O–H groups in total. The van der Waals surface area contributed by atoms with Gasteiger partial charge in [-0.3, -0.25) is 0 Å². The van der Waals surface area contributed by atoms with Crippen LogP contribution < -0.4 is 4.90 Å². The molecule has 1 aliphatic heterocycles. The van der Waals surface area contributed by atoms with Gasteiger partial charge in [0.15, 0.2) is 0 Å². The number of ether oxygens (including phenoxy) is 1. The monoisotopic (exact) mass is 299 g/mol. The van der Waals surface area contributed by atoms with Gasteiger partial charge in [-0.15, -0.1) is 0 Å². The first kappa shape index (κ1) is 12.3. The maximum atomic E-state index is 11.8. The molecule has 0 aliphatic carbocycles. The molecule has 0 bridgehead atoms. The summed E-state index contributed by atoms with van der Waals surface area (Å²) in [5.74, 6) is 0.589. The maximum absolute atomic E-state index is 11.8. The minimum atomic E-state index is -0.221. The topological polar surface area (TPSA) is 55.3 Å². The molecule has 5 nitrogen and oxygen atoms in total. The minimum absolute atomic E-state index is 0.171. The molecule has 0 aromatic carbocycles. The van der Waals surface area contributed by atoms with Crippen molar-refractivity contribution in [1.82, 2.24) is 9.97 Å². The van der Waals surface area contributed by atoms with Crippen LogP contribution in [0.1, 0.15) is 19.8 Å². The Morgan fingerprint density at radius 2 is 2.53 bits per heavy atom. The van der Waals surface area contributed by atoms with Crippen molar-refractivity contribution in [3.05, 3.63) is 17.0 Å². The van der Waals surface area contributed by atoms with Gasteiger partial charge in [0.25, 0.3) is 0 Å². The number of esters is 1. The smallest absolute Gasteiger partial charge is 0.328 e. The third-order valence-electron chi connectivity index (χ3n) is 2.73. The number of hydrogen-bond acceptors (Lipinski definition) is 5. The summed E-state index contributed by atoms with van der Waals surface area (Å²) >= 11 is 3.40. The van der Waals surface area contributed by atoms with E-state index in [0.717, 1.165) is 29.7 Å². The Morgan fingerprint density at radius 3 is 3.24 bits per heavy atom. The van der Waals surface area contributed by atoms with Gasteiger partial charge in [-0.05, 0) is 35.7 Å². The van der Waals surface area contributed by atoms with Gasteiger partial charge in [0.05, 0.1) is 11.1 Å². The van der Waals surface area contributed by atoms with Gasteiger partial charge in [0.2, 0.25) is 0 Å². The van der Waals surface area contributed by atoms with Crippen molar-refractivity contribution in [3.8, 4) is 0 Å². The van der Waals surface area contributed by atoms with Crippen molar-refractivity contribution in [2.45, 2.75) is 25.8 Å². The number of anilines is 1. The minimum Gasteiger partial charge on any atom is -0.464 e. The number of carbonyl (C=O) groups excluding carboxylic acids is 1. The van der Waals surface area contributed by atoms with Gasteiger partial charge in [-0.2, -0.15) is 0 Å². The molecule has 1 saturated heterocycles. The average molecular weight is 300 g/mol.